The van der Waals surface area contributed by atoms with Gasteiger partial charge in [0.15, 0.2) is 0 Å². The Morgan fingerprint density at radius 2 is 1.23 bits per heavy atom. The summed E-state index contributed by atoms with van der Waals surface area (Å²) in [6.45, 7) is 13.8. The first-order valence-corrected chi connectivity index (χ1v) is 9.02. The Morgan fingerprint density at radius 3 is 1.73 bits per heavy atom. The molecule has 0 aromatic carbocycles. The van der Waals surface area contributed by atoms with Gasteiger partial charge in [0, 0.05) is 53.4 Å². The van der Waals surface area contributed by atoms with Crippen LogP contribution in [0.4, 0.5) is 0 Å². The quantitative estimate of drug-likeness (QED) is 0.763. The van der Waals surface area contributed by atoms with E-state index in [-0.39, 0.29) is 5.91 Å². The second-order valence-corrected chi connectivity index (χ2v) is 6.31. The number of piperidine rings is 1. The van der Waals surface area contributed by atoms with E-state index in [0.29, 0.717) is 6.54 Å². The van der Waals surface area contributed by atoms with Gasteiger partial charge < -0.3 is 9.80 Å². The van der Waals surface area contributed by atoms with Gasteiger partial charge in [-0.3, -0.25) is 14.6 Å². The first kappa shape index (κ1) is 19.4. The van der Waals surface area contributed by atoms with Crippen LogP contribution in [0.3, 0.4) is 0 Å². The summed E-state index contributed by atoms with van der Waals surface area (Å²) in [7, 11) is 3.66. The fourth-order valence-electron chi connectivity index (χ4n) is 2.97. The minimum atomic E-state index is 0.215. The Bertz CT molecular complexity index is 295. The molecule has 5 heteroatoms. The normalized spacial score (nSPS) is 21.1. The van der Waals surface area contributed by atoms with E-state index in [9.17, 15) is 4.79 Å². The van der Waals surface area contributed by atoms with E-state index in [2.05, 4.69) is 14.7 Å². The molecule has 2 heterocycles. The highest BCUT2D eigenvalue weighted by Gasteiger charge is 2.20. The van der Waals surface area contributed by atoms with Gasteiger partial charge in [0.25, 0.3) is 0 Å². The summed E-state index contributed by atoms with van der Waals surface area (Å²) < 4.78 is 0. The van der Waals surface area contributed by atoms with Crippen molar-refractivity contribution in [1.82, 2.24) is 19.6 Å². The number of nitrogens with zero attached hydrogens (tertiary/aromatic N) is 4. The van der Waals surface area contributed by atoms with E-state index in [1.807, 2.05) is 27.9 Å². The summed E-state index contributed by atoms with van der Waals surface area (Å²) in [5.41, 5.74) is 0. The molecule has 2 aliphatic rings. The molecule has 0 aliphatic carbocycles. The second kappa shape index (κ2) is 11.0. The molecular weight excluding hydrogens is 276 g/mol. The van der Waals surface area contributed by atoms with Crippen LogP contribution in [-0.2, 0) is 4.79 Å². The molecule has 0 spiro atoms. The third kappa shape index (κ3) is 7.07. The molecule has 0 aromatic rings. The number of hydrogen-bond donors (Lipinski definition) is 0. The molecule has 2 rings (SSSR count). The smallest absolute Gasteiger partial charge is 0.236 e. The Hall–Kier alpha value is -0.650. The van der Waals surface area contributed by atoms with Crippen molar-refractivity contribution in [2.24, 2.45) is 0 Å². The fraction of sp³-hybridized carbons (Fsp3) is 0.941. The first-order chi connectivity index (χ1) is 10.6. The number of hydrogen-bond acceptors (Lipinski definition) is 4. The second-order valence-electron chi connectivity index (χ2n) is 6.31. The molecule has 0 saturated carbocycles. The fourth-order valence-corrected chi connectivity index (χ4v) is 2.97. The lowest BCUT2D eigenvalue weighted by Crippen LogP contribution is -2.50. The lowest BCUT2D eigenvalue weighted by Gasteiger charge is -2.36. The summed E-state index contributed by atoms with van der Waals surface area (Å²) in [4.78, 5) is 20.8. The monoisotopic (exact) mass is 312 g/mol. The molecule has 2 aliphatic heterocycles. The van der Waals surface area contributed by atoms with Gasteiger partial charge in [-0.2, -0.15) is 0 Å². The lowest BCUT2D eigenvalue weighted by molar-refractivity contribution is -0.130. The molecule has 5 nitrogen and oxygen atoms in total. The molecule has 1 amide bonds. The van der Waals surface area contributed by atoms with Crippen molar-refractivity contribution in [3.8, 4) is 0 Å². The molecule has 0 N–H and O–H groups in total. The number of carbonyl (C=O) groups is 1. The zero-order valence-electron chi connectivity index (χ0n) is 15.2. The van der Waals surface area contributed by atoms with Gasteiger partial charge in [-0.15, -0.1) is 0 Å². The Kier molecular flexibility index (Phi) is 9.68. The van der Waals surface area contributed by atoms with Gasteiger partial charge >= 0.3 is 0 Å². The van der Waals surface area contributed by atoms with Crippen LogP contribution in [0.2, 0.25) is 0 Å². The molecule has 0 bridgehead atoms. The van der Waals surface area contributed by atoms with E-state index in [1.165, 1.54) is 45.4 Å². The van der Waals surface area contributed by atoms with Gasteiger partial charge in [-0.1, -0.05) is 20.3 Å². The van der Waals surface area contributed by atoms with Crippen molar-refractivity contribution in [2.75, 3.05) is 73.0 Å². The zero-order valence-corrected chi connectivity index (χ0v) is 15.2. The Morgan fingerprint density at radius 1 is 0.773 bits per heavy atom. The van der Waals surface area contributed by atoms with Crippen molar-refractivity contribution in [2.45, 2.75) is 33.1 Å². The number of piperazine rings is 1. The van der Waals surface area contributed by atoms with Crippen molar-refractivity contribution in [3.05, 3.63) is 0 Å². The Balaban J connectivity index is 0.00000116. The maximum Gasteiger partial charge on any atom is 0.236 e. The van der Waals surface area contributed by atoms with Crippen LogP contribution in [0.1, 0.15) is 33.1 Å². The van der Waals surface area contributed by atoms with Gasteiger partial charge in [0.05, 0.1) is 6.54 Å². The third-order valence-electron chi connectivity index (χ3n) is 4.50. The van der Waals surface area contributed by atoms with E-state index in [4.69, 9.17) is 0 Å². The number of likely N-dealkylation sites (N-methyl/N-ethyl adjacent to an activating group) is 1. The predicted molar refractivity (Wildman–Crippen MR) is 93.2 cm³/mol. The van der Waals surface area contributed by atoms with Crippen molar-refractivity contribution in [1.29, 1.82) is 0 Å². The maximum absolute atomic E-state index is 11.7. The number of amides is 1. The van der Waals surface area contributed by atoms with E-state index in [0.717, 1.165) is 26.2 Å². The predicted octanol–water partition coefficient (Wildman–Crippen LogP) is 1.20. The average molecular weight is 313 g/mol. The summed E-state index contributed by atoms with van der Waals surface area (Å²) in [5.74, 6) is 0.215. The molecule has 0 radical (unpaired) electrons. The lowest BCUT2D eigenvalue weighted by atomic mass is 10.1. The standard InChI is InChI=1S/C15H30N4O.C2H6/c1-16(2)15(20)14-19-12-10-18(11-13-19)9-8-17-6-4-3-5-7-17;1-2/h3-14H2,1-2H3;1-2H3. The largest absolute Gasteiger partial charge is 0.348 e. The van der Waals surface area contributed by atoms with Crippen LogP contribution >= 0.6 is 0 Å². The van der Waals surface area contributed by atoms with Crippen LogP contribution < -0.4 is 0 Å². The molecule has 2 fully saturated rings. The maximum atomic E-state index is 11.7. The van der Waals surface area contributed by atoms with Gasteiger partial charge in [0.2, 0.25) is 5.91 Å². The van der Waals surface area contributed by atoms with Crippen LogP contribution in [0.15, 0.2) is 0 Å². The molecule has 0 unspecified atom stereocenters. The molecule has 130 valence electrons. The van der Waals surface area contributed by atoms with Crippen LogP contribution in [0, 0.1) is 0 Å². The SMILES string of the molecule is CC.CN(C)C(=O)CN1CCN(CCN2CCCCC2)CC1. The molecular formula is C17H36N4O. The topological polar surface area (TPSA) is 30.0 Å². The molecule has 2 saturated heterocycles. The summed E-state index contributed by atoms with van der Waals surface area (Å²) in [6, 6.07) is 0. The van der Waals surface area contributed by atoms with Crippen LogP contribution in [-0.4, -0.2) is 98.5 Å². The third-order valence-corrected chi connectivity index (χ3v) is 4.50. The summed E-state index contributed by atoms with van der Waals surface area (Å²) in [5, 5.41) is 0. The highest BCUT2D eigenvalue weighted by atomic mass is 16.2. The van der Waals surface area contributed by atoms with Crippen molar-refractivity contribution >= 4 is 5.91 Å². The van der Waals surface area contributed by atoms with Crippen molar-refractivity contribution in [3.63, 3.8) is 0 Å². The average Bonchev–Trinajstić information content (AvgIpc) is 2.57. The zero-order chi connectivity index (χ0) is 16.4. The number of likely N-dealkylation sites (tertiary alicyclic amines) is 1. The molecule has 0 atom stereocenters. The minimum Gasteiger partial charge on any atom is -0.348 e. The van der Waals surface area contributed by atoms with Gasteiger partial charge in [0.1, 0.15) is 0 Å². The molecule has 22 heavy (non-hydrogen) atoms. The summed E-state index contributed by atoms with van der Waals surface area (Å²) in [6.07, 6.45) is 4.16. The highest BCUT2D eigenvalue weighted by Crippen LogP contribution is 2.09. The van der Waals surface area contributed by atoms with E-state index >= 15 is 0 Å². The molecule has 0 aromatic heterocycles. The first-order valence-electron chi connectivity index (χ1n) is 9.02. The van der Waals surface area contributed by atoms with E-state index < -0.39 is 0 Å². The van der Waals surface area contributed by atoms with Crippen LogP contribution in [0.5, 0.6) is 0 Å². The van der Waals surface area contributed by atoms with Crippen LogP contribution in [0.25, 0.3) is 0 Å². The highest BCUT2D eigenvalue weighted by molar-refractivity contribution is 5.77. The van der Waals surface area contributed by atoms with Gasteiger partial charge in [-0.05, 0) is 25.9 Å². The number of carbonyl (C=O) groups excluding carboxylic acids is 1. The minimum absolute atomic E-state index is 0.215. The van der Waals surface area contributed by atoms with E-state index in [1.54, 1.807) is 4.90 Å². The van der Waals surface area contributed by atoms with Crippen molar-refractivity contribution < 1.29 is 4.79 Å². The summed E-state index contributed by atoms with van der Waals surface area (Å²) >= 11 is 0. The Labute approximate surface area is 137 Å². The van der Waals surface area contributed by atoms with Gasteiger partial charge in [-0.25, -0.2) is 0 Å². The number of rotatable bonds is 5.